The molecule has 2 rings (SSSR count). The van der Waals surface area contributed by atoms with Crippen molar-refractivity contribution in [3.05, 3.63) is 36.0 Å². The van der Waals surface area contributed by atoms with Crippen LogP contribution < -0.4 is 21.7 Å². The number of hydrogen-bond acceptors (Lipinski definition) is 7. The smallest absolute Gasteiger partial charge is 0.325 e. The molecule has 0 bridgehead atoms. The first-order chi connectivity index (χ1) is 17.0. The molecule has 0 saturated heterocycles. The number of aromatic amines is 1. The first-order valence-corrected chi connectivity index (χ1v) is 12.6. The van der Waals surface area contributed by atoms with Crippen LogP contribution in [0.1, 0.15) is 25.3 Å². The second kappa shape index (κ2) is 13.5. The van der Waals surface area contributed by atoms with E-state index < -0.39 is 60.2 Å². The molecule has 4 atom stereocenters. The summed E-state index contributed by atoms with van der Waals surface area (Å²) in [5.74, 6) is -4.43. The van der Waals surface area contributed by atoms with Gasteiger partial charge in [0, 0.05) is 23.5 Å². The Bertz CT molecular complexity index is 1110. The fraction of sp³-hybridized carbons (Fsp3) is 0.435. The molecule has 2 aromatic rings. The van der Waals surface area contributed by atoms with E-state index in [0.29, 0.717) is 17.7 Å². The number of carbonyl (C=O) groups excluding carboxylic acids is 3. The lowest BCUT2D eigenvalue weighted by Gasteiger charge is -2.24. The first-order valence-electron chi connectivity index (χ1n) is 11.2. The summed E-state index contributed by atoms with van der Waals surface area (Å²) in [4.78, 5) is 63.9. The Balaban J connectivity index is 2.27. The fourth-order valence-electron chi connectivity index (χ4n) is 3.42. The molecule has 36 heavy (non-hydrogen) atoms. The van der Waals surface area contributed by atoms with Crippen LogP contribution in [0.25, 0.3) is 10.9 Å². The lowest BCUT2D eigenvalue weighted by molar-refractivity contribution is -0.143. The number of rotatable bonds is 14. The topological polar surface area (TPSA) is 204 Å². The van der Waals surface area contributed by atoms with E-state index in [1.807, 2.05) is 30.5 Å². The third-order valence-electron chi connectivity index (χ3n) is 5.44. The highest BCUT2D eigenvalue weighted by atomic mass is 32.2. The van der Waals surface area contributed by atoms with Crippen LogP contribution in [-0.4, -0.2) is 81.0 Å². The Morgan fingerprint density at radius 3 is 2.28 bits per heavy atom. The van der Waals surface area contributed by atoms with Crippen LogP contribution in [0.5, 0.6) is 0 Å². The second-order valence-electron chi connectivity index (χ2n) is 8.24. The summed E-state index contributed by atoms with van der Waals surface area (Å²) in [7, 11) is 0. The molecule has 1 heterocycles. The highest BCUT2D eigenvalue weighted by Gasteiger charge is 2.31. The first kappa shape index (κ1) is 28.7. The van der Waals surface area contributed by atoms with Gasteiger partial charge in [-0.05, 0) is 37.0 Å². The highest BCUT2D eigenvalue weighted by Crippen LogP contribution is 2.19. The maximum absolute atomic E-state index is 13.2. The van der Waals surface area contributed by atoms with Gasteiger partial charge in [-0.2, -0.15) is 11.8 Å². The molecule has 0 aliphatic carbocycles. The van der Waals surface area contributed by atoms with Crippen LogP contribution in [-0.2, 0) is 30.4 Å². The predicted octanol–water partition coefficient (Wildman–Crippen LogP) is -0.176. The van der Waals surface area contributed by atoms with E-state index in [1.165, 1.54) is 18.7 Å². The van der Waals surface area contributed by atoms with Crippen molar-refractivity contribution in [1.29, 1.82) is 0 Å². The van der Waals surface area contributed by atoms with Crippen molar-refractivity contribution in [3.8, 4) is 0 Å². The summed E-state index contributed by atoms with van der Waals surface area (Å²) >= 11 is 1.52. The van der Waals surface area contributed by atoms with Gasteiger partial charge in [0.1, 0.15) is 18.1 Å². The number of carboxylic acids is 2. The molecular formula is C23H31N5O7S. The van der Waals surface area contributed by atoms with Gasteiger partial charge >= 0.3 is 11.9 Å². The number of thioether (sulfide) groups is 1. The summed E-state index contributed by atoms with van der Waals surface area (Å²) in [5.41, 5.74) is 7.48. The summed E-state index contributed by atoms with van der Waals surface area (Å²) < 4.78 is 0. The van der Waals surface area contributed by atoms with E-state index in [2.05, 4.69) is 20.9 Å². The number of aliphatic carboxylic acids is 2. The minimum atomic E-state index is -1.57. The molecule has 196 valence electrons. The monoisotopic (exact) mass is 521 g/mol. The number of H-pyrrole nitrogens is 1. The van der Waals surface area contributed by atoms with Gasteiger partial charge in [-0.3, -0.25) is 24.0 Å². The average Bonchev–Trinajstić information content (AvgIpc) is 3.23. The standard InChI is InChI=1S/C23H31N5O7S/c1-12(23(34)35)26-21(32)18(10-19(29)30)28-22(33)17(27-20(31)15(24)7-8-36-2)9-13-11-25-16-6-4-3-5-14(13)16/h3-6,11-12,15,17-18,25H,7-10,24H2,1-2H3,(H,26,32)(H,27,31)(H,28,33)(H,29,30)(H,34,35). The number of fused-ring (bicyclic) bond motifs is 1. The number of benzene rings is 1. The molecule has 1 aromatic carbocycles. The lowest BCUT2D eigenvalue weighted by Crippen LogP contribution is -2.57. The van der Waals surface area contributed by atoms with Crippen LogP contribution in [0.2, 0.25) is 0 Å². The van der Waals surface area contributed by atoms with Crippen molar-refractivity contribution in [2.45, 2.75) is 50.4 Å². The summed E-state index contributed by atoms with van der Waals surface area (Å²) in [6, 6.07) is 2.43. The van der Waals surface area contributed by atoms with E-state index in [-0.39, 0.29) is 6.42 Å². The Morgan fingerprint density at radius 1 is 1.00 bits per heavy atom. The van der Waals surface area contributed by atoms with Gasteiger partial charge < -0.3 is 36.9 Å². The molecule has 13 heteroatoms. The normalized spacial score (nSPS) is 14.3. The third-order valence-corrected chi connectivity index (χ3v) is 6.09. The van der Waals surface area contributed by atoms with Gasteiger partial charge in [-0.25, -0.2) is 0 Å². The molecule has 0 spiro atoms. The zero-order valence-electron chi connectivity index (χ0n) is 19.9. The maximum atomic E-state index is 13.2. The Hall–Kier alpha value is -3.58. The van der Waals surface area contributed by atoms with Crippen LogP contribution in [0.4, 0.5) is 0 Å². The molecule has 0 radical (unpaired) electrons. The maximum Gasteiger partial charge on any atom is 0.325 e. The third kappa shape index (κ3) is 8.27. The number of para-hydroxylation sites is 1. The van der Waals surface area contributed by atoms with E-state index in [1.54, 1.807) is 6.20 Å². The van der Waals surface area contributed by atoms with E-state index in [4.69, 9.17) is 10.8 Å². The van der Waals surface area contributed by atoms with Crippen molar-refractivity contribution >= 4 is 52.3 Å². The SMILES string of the molecule is CSCCC(N)C(=O)NC(Cc1c[nH]c2ccccc12)C(=O)NC(CC(=O)O)C(=O)NC(C)C(=O)O. The number of hydrogen-bond donors (Lipinski definition) is 7. The van der Waals surface area contributed by atoms with E-state index >= 15 is 0 Å². The van der Waals surface area contributed by atoms with Gasteiger partial charge in [-0.1, -0.05) is 18.2 Å². The van der Waals surface area contributed by atoms with E-state index in [9.17, 15) is 29.1 Å². The number of nitrogens with two attached hydrogens (primary N) is 1. The molecule has 0 aliphatic rings. The number of carboxylic acid groups (broad SMARTS) is 2. The number of aromatic nitrogens is 1. The lowest BCUT2D eigenvalue weighted by atomic mass is 10.0. The fourth-order valence-corrected chi connectivity index (χ4v) is 3.91. The molecule has 12 nitrogen and oxygen atoms in total. The molecule has 1 aromatic heterocycles. The Labute approximate surface area is 211 Å². The molecule has 0 saturated carbocycles. The summed E-state index contributed by atoms with van der Waals surface area (Å²) in [6.07, 6.45) is 3.19. The van der Waals surface area contributed by atoms with Crippen LogP contribution >= 0.6 is 11.8 Å². The molecule has 0 aliphatic heterocycles. The molecule has 3 amide bonds. The largest absolute Gasteiger partial charge is 0.481 e. The van der Waals surface area contributed by atoms with E-state index in [0.717, 1.165) is 10.9 Å². The van der Waals surface area contributed by atoms with Crippen molar-refractivity contribution in [1.82, 2.24) is 20.9 Å². The molecule has 0 fully saturated rings. The summed E-state index contributed by atoms with van der Waals surface area (Å²) in [6.45, 7) is 1.20. The molecule has 4 unspecified atom stereocenters. The van der Waals surface area contributed by atoms with Crippen LogP contribution in [0.3, 0.4) is 0 Å². The van der Waals surface area contributed by atoms with Gasteiger partial charge in [0.2, 0.25) is 17.7 Å². The van der Waals surface area contributed by atoms with Gasteiger partial charge in [0.05, 0.1) is 12.5 Å². The second-order valence-corrected chi connectivity index (χ2v) is 9.23. The van der Waals surface area contributed by atoms with Crippen molar-refractivity contribution in [2.24, 2.45) is 5.73 Å². The van der Waals surface area contributed by atoms with Gasteiger partial charge in [0.25, 0.3) is 0 Å². The van der Waals surface area contributed by atoms with Gasteiger partial charge in [0.15, 0.2) is 0 Å². The average molecular weight is 522 g/mol. The zero-order chi connectivity index (χ0) is 26.8. The quantitative estimate of drug-likeness (QED) is 0.176. The van der Waals surface area contributed by atoms with Crippen molar-refractivity contribution in [3.63, 3.8) is 0 Å². The van der Waals surface area contributed by atoms with Crippen molar-refractivity contribution in [2.75, 3.05) is 12.0 Å². The number of amides is 3. The molecule has 8 N–H and O–H groups in total. The minimum absolute atomic E-state index is 0.0315. The highest BCUT2D eigenvalue weighted by molar-refractivity contribution is 7.98. The van der Waals surface area contributed by atoms with Crippen molar-refractivity contribution < 1.29 is 34.2 Å². The molecular weight excluding hydrogens is 490 g/mol. The van der Waals surface area contributed by atoms with Crippen LogP contribution in [0, 0.1) is 0 Å². The van der Waals surface area contributed by atoms with Gasteiger partial charge in [-0.15, -0.1) is 0 Å². The minimum Gasteiger partial charge on any atom is -0.481 e. The summed E-state index contributed by atoms with van der Waals surface area (Å²) in [5, 5.41) is 26.2. The number of carbonyl (C=O) groups is 5. The Morgan fingerprint density at radius 2 is 1.64 bits per heavy atom. The Kier molecular flexibility index (Phi) is 10.7. The van der Waals surface area contributed by atoms with Crippen LogP contribution in [0.15, 0.2) is 30.5 Å². The predicted molar refractivity (Wildman–Crippen MR) is 134 cm³/mol. The zero-order valence-corrected chi connectivity index (χ0v) is 20.8. The number of nitrogens with one attached hydrogen (secondary N) is 4.